The molecule has 8 nitrogen and oxygen atoms in total. The zero-order chi connectivity index (χ0) is 29.8. The van der Waals surface area contributed by atoms with Gasteiger partial charge in [0.25, 0.3) is 0 Å². The topological polar surface area (TPSA) is 85.0 Å². The van der Waals surface area contributed by atoms with Crippen LogP contribution in [-0.4, -0.2) is 77.6 Å². The number of terminal acetylenes is 1. The van der Waals surface area contributed by atoms with Crippen LogP contribution >= 0.6 is 0 Å². The van der Waals surface area contributed by atoms with E-state index in [4.69, 9.17) is 6.42 Å². The Morgan fingerprint density at radius 3 is 2.63 bits per heavy atom. The predicted molar refractivity (Wildman–Crippen MR) is 163 cm³/mol. The number of amides is 4. The van der Waals surface area contributed by atoms with Crippen LogP contribution in [0.1, 0.15) is 58.9 Å². The van der Waals surface area contributed by atoms with Gasteiger partial charge in [0.05, 0.1) is 19.1 Å². The van der Waals surface area contributed by atoms with Crippen LogP contribution in [0.4, 0.5) is 4.79 Å². The molecule has 8 heteroatoms. The third-order valence-electron chi connectivity index (χ3n) is 7.79. The van der Waals surface area contributed by atoms with Crippen molar-refractivity contribution in [2.45, 2.75) is 71.9 Å². The van der Waals surface area contributed by atoms with Crippen LogP contribution in [0.5, 0.6) is 0 Å². The molecule has 4 amide bonds. The lowest BCUT2D eigenvalue weighted by molar-refractivity contribution is -0.143. The molecule has 0 radical (unpaired) electrons. The van der Waals surface area contributed by atoms with Crippen molar-refractivity contribution in [1.29, 1.82) is 0 Å². The second-order valence-electron chi connectivity index (χ2n) is 11.4. The summed E-state index contributed by atoms with van der Waals surface area (Å²) in [4.78, 5) is 42.7. The van der Waals surface area contributed by atoms with Gasteiger partial charge in [-0.2, -0.15) is 5.01 Å². The minimum absolute atomic E-state index is 0.0252. The Bertz CT molecular complexity index is 1130. The van der Waals surface area contributed by atoms with E-state index in [2.05, 4.69) is 54.7 Å². The number of nitrogens with zero attached hydrogens (tertiary/aromatic N) is 3. The van der Waals surface area contributed by atoms with Gasteiger partial charge in [-0.15, -0.1) is 6.42 Å². The number of hydrogen-bond donors (Lipinski definition) is 2. The molecule has 4 atom stereocenters. The van der Waals surface area contributed by atoms with E-state index >= 15 is 0 Å². The number of hydrogen-bond acceptors (Lipinski definition) is 4. The normalized spacial score (nSPS) is 22.9. The van der Waals surface area contributed by atoms with E-state index in [9.17, 15) is 14.4 Å². The Morgan fingerprint density at radius 1 is 1.22 bits per heavy atom. The van der Waals surface area contributed by atoms with E-state index in [0.29, 0.717) is 25.6 Å². The summed E-state index contributed by atoms with van der Waals surface area (Å²) in [5.41, 5.74) is 2.25. The fraction of sp³-hybridized carbons (Fsp3) is 0.545. The van der Waals surface area contributed by atoms with Gasteiger partial charge in [0.1, 0.15) is 6.04 Å². The smallest absolute Gasteiger partial charge is 0.332 e. The van der Waals surface area contributed by atoms with Crippen LogP contribution < -0.4 is 10.6 Å². The van der Waals surface area contributed by atoms with E-state index in [1.54, 1.807) is 5.01 Å². The van der Waals surface area contributed by atoms with Gasteiger partial charge in [-0.1, -0.05) is 81.7 Å². The Labute approximate surface area is 246 Å². The van der Waals surface area contributed by atoms with Crippen molar-refractivity contribution in [1.82, 2.24) is 25.6 Å². The summed E-state index contributed by atoms with van der Waals surface area (Å²) in [6.45, 7) is 9.34. The van der Waals surface area contributed by atoms with Crippen LogP contribution in [0.2, 0.25) is 0 Å². The molecular formula is C33H47N5O3. The molecule has 1 saturated heterocycles. The number of carbonyl (C=O) groups is 3. The fourth-order valence-corrected chi connectivity index (χ4v) is 5.54. The van der Waals surface area contributed by atoms with Gasteiger partial charge in [-0.25, -0.2) is 4.79 Å². The molecule has 0 aromatic heterocycles. The minimum atomic E-state index is -0.633. The summed E-state index contributed by atoms with van der Waals surface area (Å²) in [6, 6.07) is 8.80. The molecular weight excluding hydrogens is 514 g/mol. The average molecular weight is 562 g/mol. The molecule has 1 heterocycles. The van der Waals surface area contributed by atoms with Crippen LogP contribution in [0.3, 0.4) is 0 Å². The molecule has 2 N–H and O–H groups in total. The van der Waals surface area contributed by atoms with Crippen molar-refractivity contribution in [3.63, 3.8) is 0 Å². The van der Waals surface area contributed by atoms with Crippen molar-refractivity contribution in [2.24, 2.45) is 11.8 Å². The lowest BCUT2D eigenvalue weighted by Crippen LogP contribution is -2.63. The zero-order valence-corrected chi connectivity index (χ0v) is 25.1. The molecule has 1 aromatic rings. The van der Waals surface area contributed by atoms with Crippen molar-refractivity contribution >= 4 is 17.8 Å². The van der Waals surface area contributed by atoms with Crippen molar-refractivity contribution in [3.05, 3.63) is 59.7 Å². The van der Waals surface area contributed by atoms with Gasteiger partial charge in [0, 0.05) is 19.6 Å². The number of urea groups is 1. The first-order valence-electron chi connectivity index (χ1n) is 15.0. The predicted octanol–water partition coefficient (Wildman–Crippen LogP) is 4.16. The molecule has 2 unspecified atom stereocenters. The van der Waals surface area contributed by atoms with Crippen LogP contribution in [-0.2, 0) is 16.0 Å². The standard InChI is InChI=1S/C33H47N5O3/c1-6-12-26(4)31-32(40)36(21-11-15-28-13-9-8-10-14-28)23-27(5)38(37(20-7-2)24-30(39)35-31)33(41)34-22-29-18-16-25(3)17-19-29/h2,8-10,13-14,16,18-19,25-27,31H,6,11-12,15,17,20-24H2,1,3-5H3,(H,34,41)(H,35,39)/t25?,26?,27-,31+/m1/s1. The molecule has 222 valence electrons. The van der Waals surface area contributed by atoms with E-state index in [1.807, 2.05) is 43.0 Å². The summed E-state index contributed by atoms with van der Waals surface area (Å²) >= 11 is 0. The van der Waals surface area contributed by atoms with Gasteiger partial charge in [0.2, 0.25) is 11.8 Å². The van der Waals surface area contributed by atoms with Crippen molar-refractivity contribution in [2.75, 3.05) is 32.7 Å². The van der Waals surface area contributed by atoms with Crippen molar-refractivity contribution in [3.8, 4) is 12.3 Å². The van der Waals surface area contributed by atoms with Gasteiger partial charge < -0.3 is 15.5 Å². The lowest BCUT2D eigenvalue weighted by Gasteiger charge is -2.42. The van der Waals surface area contributed by atoms with E-state index in [-0.39, 0.29) is 36.9 Å². The number of carbonyl (C=O) groups excluding carboxylic acids is 3. The monoisotopic (exact) mass is 561 g/mol. The largest absolute Gasteiger partial charge is 0.343 e. The highest BCUT2D eigenvalue weighted by atomic mass is 16.2. The maximum atomic E-state index is 14.0. The van der Waals surface area contributed by atoms with Gasteiger partial charge in [0.15, 0.2) is 0 Å². The Balaban J connectivity index is 1.85. The Kier molecular flexibility index (Phi) is 12.5. The number of nitrogens with one attached hydrogen (secondary N) is 2. The summed E-state index contributed by atoms with van der Waals surface area (Å²) in [5.74, 6) is 2.63. The quantitative estimate of drug-likeness (QED) is 0.421. The highest BCUT2D eigenvalue weighted by Crippen LogP contribution is 2.19. The maximum Gasteiger partial charge on any atom is 0.332 e. The molecule has 41 heavy (non-hydrogen) atoms. The summed E-state index contributed by atoms with van der Waals surface area (Å²) in [7, 11) is 0. The van der Waals surface area contributed by atoms with E-state index in [1.165, 1.54) is 10.6 Å². The Morgan fingerprint density at radius 2 is 1.98 bits per heavy atom. The molecule has 1 fully saturated rings. The lowest BCUT2D eigenvalue weighted by atomic mass is 9.95. The van der Waals surface area contributed by atoms with Crippen LogP contribution in [0, 0.1) is 24.2 Å². The molecule has 0 bridgehead atoms. The molecule has 1 aliphatic carbocycles. The third-order valence-corrected chi connectivity index (χ3v) is 7.79. The second-order valence-corrected chi connectivity index (χ2v) is 11.4. The number of aryl methyl sites for hydroxylation is 1. The number of benzene rings is 1. The second kappa shape index (κ2) is 16.0. The fourth-order valence-electron chi connectivity index (χ4n) is 5.54. The molecule has 0 spiro atoms. The molecule has 1 aliphatic heterocycles. The van der Waals surface area contributed by atoms with E-state index < -0.39 is 12.1 Å². The molecule has 0 saturated carbocycles. The van der Waals surface area contributed by atoms with Crippen molar-refractivity contribution < 1.29 is 14.4 Å². The number of rotatable bonds is 10. The number of hydrazine groups is 1. The van der Waals surface area contributed by atoms with E-state index in [0.717, 1.165) is 37.7 Å². The first-order chi connectivity index (χ1) is 19.7. The van der Waals surface area contributed by atoms with Gasteiger partial charge in [-0.05, 0) is 55.6 Å². The molecule has 1 aromatic carbocycles. The molecule has 2 aliphatic rings. The highest BCUT2D eigenvalue weighted by molar-refractivity contribution is 5.89. The highest BCUT2D eigenvalue weighted by Gasteiger charge is 2.36. The van der Waals surface area contributed by atoms with Gasteiger partial charge in [-0.3, -0.25) is 14.6 Å². The Hall–Kier alpha value is -3.57. The first kappa shape index (κ1) is 32.0. The summed E-state index contributed by atoms with van der Waals surface area (Å²) < 4.78 is 0. The number of allylic oxidation sites excluding steroid dienone is 2. The maximum absolute atomic E-state index is 14.0. The first-order valence-corrected chi connectivity index (χ1v) is 15.0. The zero-order valence-electron chi connectivity index (χ0n) is 25.1. The third kappa shape index (κ3) is 9.50. The molecule has 3 rings (SSSR count). The van der Waals surface area contributed by atoms with Gasteiger partial charge >= 0.3 is 6.03 Å². The minimum Gasteiger partial charge on any atom is -0.343 e. The SMILES string of the molecule is C#CCN1CC(=O)N[C@@H](C(C)CCC)C(=O)N(CCCc2ccccc2)C[C@@H](C)N1C(=O)NCC1=CCC(C)C=C1. The summed E-state index contributed by atoms with van der Waals surface area (Å²) in [6.07, 6.45) is 16.3. The van der Waals surface area contributed by atoms with Crippen LogP contribution in [0.25, 0.3) is 0 Å². The summed E-state index contributed by atoms with van der Waals surface area (Å²) in [5, 5.41) is 9.15. The average Bonchev–Trinajstić information content (AvgIpc) is 2.95. The van der Waals surface area contributed by atoms with Crippen LogP contribution in [0.15, 0.2) is 54.1 Å².